The molecule has 130 valence electrons. The van der Waals surface area contributed by atoms with Gasteiger partial charge in [-0.15, -0.1) is 10.2 Å². The Kier molecular flexibility index (Phi) is 5.69. The average Bonchev–Trinajstić information content (AvgIpc) is 2.92. The van der Waals surface area contributed by atoms with E-state index in [4.69, 9.17) is 5.11 Å². The molecule has 0 radical (unpaired) electrons. The Morgan fingerprint density at radius 1 is 1.29 bits per heavy atom. The van der Waals surface area contributed by atoms with Crippen molar-refractivity contribution in [3.05, 3.63) is 40.0 Å². The third kappa shape index (κ3) is 3.99. The largest absolute Gasteiger partial charge is 0.395 e. The van der Waals surface area contributed by atoms with Crippen LogP contribution < -0.4 is 10.6 Å². The van der Waals surface area contributed by atoms with Gasteiger partial charge in [-0.1, -0.05) is 13.8 Å². The van der Waals surface area contributed by atoms with Gasteiger partial charge in [-0.3, -0.25) is 10.1 Å². The van der Waals surface area contributed by atoms with Crippen LogP contribution in [0.3, 0.4) is 0 Å². The zero-order valence-electron chi connectivity index (χ0n) is 14.0. The third-order valence-electron chi connectivity index (χ3n) is 3.59. The zero-order valence-corrected chi connectivity index (χ0v) is 14.0. The maximum absolute atomic E-state index is 11.0. The Bertz CT molecular complexity index is 713. The van der Waals surface area contributed by atoms with E-state index < -0.39 is 4.92 Å². The monoisotopic (exact) mass is 334 g/mol. The predicted octanol–water partition coefficient (Wildman–Crippen LogP) is 1.86. The number of nitro groups is 1. The molecule has 0 fully saturated rings. The number of hydrogen-bond donors (Lipinski definition) is 3. The van der Waals surface area contributed by atoms with Crippen LogP contribution in [0.4, 0.5) is 17.1 Å². The van der Waals surface area contributed by atoms with Gasteiger partial charge in [-0.25, -0.2) is 0 Å². The molecular weight excluding hydrogens is 312 g/mol. The Labute approximate surface area is 139 Å². The third-order valence-corrected chi connectivity index (χ3v) is 3.59. The molecule has 0 atom stereocenters. The van der Waals surface area contributed by atoms with Crippen LogP contribution in [-0.4, -0.2) is 37.9 Å². The first-order valence-electron chi connectivity index (χ1n) is 7.69. The highest BCUT2D eigenvalue weighted by molar-refractivity contribution is 5.71. The second kappa shape index (κ2) is 7.73. The van der Waals surface area contributed by atoms with E-state index in [1.165, 1.54) is 12.1 Å². The van der Waals surface area contributed by atoms with Crippen molar-refractivity contribution in [1.82, 2.24) is 14.8 Å². The maximum Gasteiger partial charge on any atom is 0.271 e. The van der Waals surface area contributed by atoms with Gasteiger partial charge in [0.15, 0.2) is 5.82 Å². The van der Waals surface area contributed by atoms with Gasteiger partial charge in [0.25, 0.3) is 5.69 Å². The van der Waals surface area contributed by atoms with Gasteiger partial charge in [0.05, 0.1) is 29.4 Å². The molecule has 0 amide bonds. The molecule has 1 aromatic carbocycles. The highest BCUT2D eigenvalue weighted by atomic mass is 16.6. The minimum absolute atomic E-state index is 0.00659. The molecule has 0 aliphatic heterocycles. The second-order valence-electron chi connectivity index (χ2n) is 5.68. The standard InChI is InChI=1S/C15H22N6O3/c1-10(2)15-19-18-14(20(15)3)9-17-13-8-11(21(23)24)4-5-12(13)16-6-7-22/h4-5,8,10,16-17,22H,6-7,9H2,1-3H3. The summed E-state index contributed by atoms with van der Waals surface area (Å²) in [6.45, 7) is 4.79. The number of hydrogen-bond acceptors (Lipinski definition) is 7. The lowest BCUT2D eigenvalue weighted by molar-refractivity contribution is -0.384. The van der Waals surface area contributed by atoms with E-state index in [1.807, 2.05) is 25.5 Å². The Morgan fingerprint density at radius 3 is 2.62 bits per heavy atom. The van der Waals surface area contributed by atoms with Crippen LogP contribution in [0.1, 0.15) is 31.4 Å². The van der Waals surface area contributed by atoms with Crippen LogP contribution in [-0.2, 0) is 13.6 Å². The maximum atomic E-state index is 11.0. The Morgan fingerprint density at radius 2 is 2.04 bits per heavy atom. The minimum Gasteiger partial charge on any atom is -0.395 e. The molecule has 0 unspecified atom stereocenters. The average molecular weight is 334 g/mol. The summed E-state index contributed by atoms with van der Waals surface area (Å²) in [7, 11) is 1.89. The number of aromatic nitrogens is 3. The molecular formula is C15H22N6O3. The molecule has 2 rings (SSSR count). The molecule has 0 saturated carbocycles. The highest BCUT2D eigenvalue weighted by Crippen LogP contribution is 2.27. The van der Waals surface area contributed by atoms with Crippen molar-refractivity contribution in [2.45, 2.75) is 26.3 Å². The fourth-order valence-electron chi connectivity index (χ4n) is 2.34. The summed E-state index contributed by atoms with van der Waals surface area (Å²) in [6.07, 6.45) is 0. The molecule has 0 aliphatic carbocycles. The molecule has 3 N–H and O–H groups in total. The molecule has 0 aliphatic rings. The quantitative estimate of drug-likeness (QED) is 0.498. The van der Waals surface area contributed by atoms with Crippen molar-refractivity contribution in [1.29, 1.82) is 0 Å². The lowest BCUT2D eigenvalue weighted by Gasteiger charge is -2.13. The number of benzene rings is 1. The first-order valence-corrected chi connectivity index (χ1v) is 7.69. The first-order chi connectivity index (χ1) is 11.4. The predicted molar refractivity (Wildman–Crippen MR) is 91.1 cm³/mol. The van der Waals surface area contributed by atoms with Gasteiger partial charge >= 0.3 is 0 Å². The van der Waals surface area contributed by atoms with E-state index >= 15 is 0 Å². The van der Waals surface area contributed by atoms with E-state index in [9.17, 15) is 10.1 Å². The van der Waals surface area contributed by atoms with Crippen molar-refractivity contribution in [3.63, 3.8) is 0 Å². The van der Waals surface area contributed by atoms with E-state index in [2.05, 4.69) is 20.8 Å². The van der Waals surface area contributed by atoms with Gasteiger partial charge in [-0.05, 0) is 6.07 Å². The van der Waals surface area contributed by atoms with Crippen LogP contribution in [0, 0.1) is 10.1 Å². The summed E-state index contributed by atoms with van der Waals surface area (Å²) in [5.41, 5.74) is 1.25. The number of rotatable bonds is 8. The molecule has 0 bridgehead atoms. The smallest absolute Gasteiger partial charge is 0.271 e. The van der Waals surface area contributed by atoms with Crippen molar-refractivity contribution in [3.8, 4) is 0 Å². The van der Waals surface area contributed by atoms with Crippen LogP contribution in [0.25, 0.3) is 0 Å². The van der Waals surface area contributed by atoms with Crippen LogP contribution in [0.5, 0.6) is 0 Å². The number of nitrogens with zero attached hydrogens (tertiary/aromatic N) is 4. The van der Waals surface area contributed by atoms with Gasteiger partial charge in [0.1, 0.15) is 5.82 Å². The molecule has 24 heavy (non-hydrogen) atoms. The molecule has 1 heterocycles. The van der Waals surface area contributed by atoms with E-state index in [0.29, 0.717) is 24.5 Å². The molecule has 0 saturated heterocycles. The molecule has 1 aromatic heterocycles. The SMILES string of the molecule is CC(C)c1nnc(CNc2cc([N+](=O)[O-])ccc2NCCO)n1C. The molecule has 0 spiro atoms. The summed E-state index contributed by atoms with van der Waals surface area (Å²) >= 11 is 0. The van der Waals surface area contributed by atoms with E-state index in [1.54, 1.807) is 6.07 Å². The summed E-state index contributed by atoms with van der Waals surface area (Å²) in [5.74, 6) is 1.87. The van der Waals surface area contributed by atoms with Gasteiger partial charge in [0.2, 0.25) is 0 Å². The molecule has 9 nitrogen and oxygen atoms in total. The zero-order chi connectivity index (χ0) is 17.7. The molecule has 9 heteroatoms. The number of non-ortho nitro benzene ring substituents is 1. The van der Waals surface area contributed by atoms with Crippen LogP contribution >= 0.6 is 0 Å². The van der Waals surface area contributed by atoms with E-state index in [0.717, 1.165) is 11.6 Å². The van der Waals surface area contributed by atoms with Crippen molar-refractivity contribution in [2.24, 2.45) is 7.05 Å². The summed E-state index contributed by atoms with van der Waals surface area (Å²) in [4.78, 5) is 10.5. The number of aliphatic hydroxyl groups excluding tert-OH is 1. The Hall–Kier alpha value is -2.68. The van der Waals surface area contributed by atoms with Crippen molar-refractivity contribution >= 4 is 17.1 Å². The van der Waals surface area contributed by atoms with Crippen molar-refractivity contribution < 1.29 is 10.0 Å². The second-order valence-corrected chi connectivity index (χ2v) is 5.68. The lowest BCUT2D eigenvalue weighted by Crippen LogP contribution is -2.11. The highest BCUT2D eigenvalue weighted by Gasteiger charge is 2.14. The number of anilines is 2. The summed E-state index contributed by atoms with van der Waals surface area (Å²) in [5, 5.41) is 34.4. The number of aliphatic hydroxyl groups is 1. The Balaban J connectivity index is 2.20. The normalized spacial score (nSPS) is 10.9. The van der Waals surface area contributed by atoms with Gasteiger partial charge in [-0.2, -0.15) is 0 Å². The van der Waals surface area contributed by atoms with Gasteiger partial charge in [0, 0.05) is 31.6 Å². The summed E-state index contributed by atoms with van der Waals surface area (Å²) in [6, 6.07) is 4.50. The van der Waals surface area contributed by atoms with Gasteiger partial charge < -0.3 is 20.3 Å². The summed E-state index contributed by atoms with van der Waals surface area (Å²) < 4.78 is 1.91. The topological polar surface area (TPSA) is 118 Å². The van der Waals surface area contributed by atoms with Crippen LogP contribution in [0.2, 0.25) is 0 Å². The van der Waals surface area contributed by atoms with Crippen LogP contribution in [0.15, 0.2) is 18.2 Å². The molecule has 2 aromatic rings. The fraction of sp³-hybridized carbons (Fsp3) is 0.467. The fourth-order valence-corrected chi connectivity index (χ4v) is 2.34. The van der Waals surface area contributed by atoms with Crippen molar-refractivity contribution in [2.75, 3.05) is 23.8 Å². The number of nitrogens with one attached hydrogen (secondary N) is 2. The lowest BCUT2D eigenvalue weighted by atomic mass is 10.2. The number of nitro benzene ring substituents is 1. The first kappa shape index (κ1) is 17.7. The minimum atomic E-state index is -0.444. The van der Waals surface area contributed by atoms with E-state index in [-0.39, 0.29) is 18.2 Å².